The molecule has 0 radical (unpaired) electrons. The molecular formula is C10H15N3O3. The quantitative estimate of drug-likeness (QED) is 0.725. The zero-order valence-electron chi connectivity index (χ0n) is 9.75. The van der Waals surface area contributed by atoms with Crippen molar-refractivity contribution in [2.24, 2.45) is 0 Å². The maximum absolute atomic E-state index is 11.8. The van der Waals surface area contributed by atoms with Crippen LogP contribution in [0.4, 0.5) is 0 Å². The van der Waals surface area contributed by atoms with Gasteiger partial charge in [0.25, 0.3) is 5.91 Å². The summed E-state index contributed by atoms with van der Waals surface area (Å²) in [6, 6.07) is -0.675. The maximum atomic E-state index is 11.8. The van der Waals surface area contributed by atoms with Crippen molar-refractivity contribution < 1.29 is 14.3 Å². The Labute approximate surface area is 93.4 Å². The van der Waals surface area contributed by atoms with Crippen molar-refractivity contribution in [3.8, 4) is 0 Å². The highest BCUT2D eigenvalue weighted by Gasteiger charge is 2.20. The molecule has 0 bridgehead atoms. The molecule has 0 fully saturated rings. The summed E-state index contributed by atoms with van der Waals surface area (Å²) in [6.45, 7) is 5.04. The summed E-state index contributed by atoms with van der Waals surface area (Å²) >= 11 is 0. The lowest BCUT2D eigenvalue weighted by Crippen LogP contribution is -2.39. The predicted molar refractivity (Wildman–Crippen MR) is 57.0 cm³/mol. The van der Waals surface area contributed by atoms with E-state index in [1.807, 2.05) is 0 Å². The summed E-state index contributed by atoms with van der Waals surface area (Å²) in [7, 11) is 1.28. The molecule has 16 heavy (non-hydrogen) atoms. The molecule has 0 aliphatic rings. The first kappa shape index (κ1) is 12.2. The molecule has 2 N–H and O–H groups in total. The van der Waals surface area contributed by atoms with Crippen LogP contribution in [0.5, 0.6) is 0 Å². The summed E-state index contributed by atoms with van der Waals surface area (Å²) in [4.78, 5) is 22.9. The lowest BCUT2D eigenvalue weighted by Gasteiger charge is -2.11. The van der Waals surface area contributed by atoms with E-state index in [4.69, 9.17) is 0 Å². The number of carbonyl (C=O) groups excluding carboxylic acids is 2. The van der Waals surface area contributed by atoms with Gasteiger partial charge in [0.05, 0.1) is 18.4 Å². The fraction of sp³-hybridized carbons (Fsp3) is 0.500. The zero-order valence-corrected chi connectivity index (χ0v) is 9.75. The van der Waals surface area contributed by atoms with E-state index >= 15 is 0 Å². The van der Waals surface area contributed by atoms with Crippen molar-refractivity contribution in [2.75, 3.05) is 7.11 Å². The average Bonchev–Trinajstić information content (AvgIpc) is 2.57. The lowest BCUT2D eigenvalue weighted by atomic mass is 10.2. The summed E-state index contributed by atoms with van der Waals surface area (Å²) in [5.41, 5.74) is 1.75. The van der Waals surface area contributed by atoms with Crippen molar-refractivity contribution in [1.82, 2.24) is 15.5 Å². The first-order valence-corrected chi connectivity index (χ1v) is 4.87. The highest BCUT2D eigenvalue weighted by Crippen LogP contribution is 2.09. The molecule has 1 aromatic rings. The van der Waals surface area contributed by atoms with Gasteiger partial charge in [-0.3, -0.25) is 9.89 Å². The van der Waals surface area contributed by atoms with Gasteiger partial charge in [0.15, 0.2) is 0 Å². The Kier molecular flexibility index (Phi) is 3.65. The van der Waals surface area contributed by atoms with Crippen molar-refractivity contribution in [2.45, 2.75) is 26.8 Å². The molecule has 88 valence electrons. The number of aromatic nitrogens is 2. The third-order valence-corrected chi connectivity index (χ3v) is 2.26. The number of amides is 1. The number of ether oxygens (including phenoxy) is 1. The number of esters is 1. The van der Waals surface area contributed by atoms with Crippen LogP contribution in [0.25, 0.3) is 0 Å². The molecule has 1 amide bonds. The van der Waals surface area contributed by atoms with Gasteiger partial charge in [0, 0.05) is 5.69 Å². The molecule has 1 aromatic heterocycles. The summed E-state index contributed by atoms with van der Waals surface area (Å²) < 4.78 is 4.51. The zero-order chi connectivity index (χ0) is 12.3. The minimum Gasteiger partial charge on any atom is -0.467 e. The number of methoxy groups -OCH3 is 1. The number of aromatic amines is 1. The second kappa shape index (κ2) is 4.78. The van der Waals surface area contributed by atoms with Gasteiger partial charge in [0.2, 0.25) is 0 Å². The van der Waals surface area contributed by atoms with Crippen molar-refractivity contribution in [3.63, 3.8) is 0 Å². The van der Waals surface area contributed by atoms with E-state index in [0.29, 0.717) is 17.0 Å². The second-order valence-corrected chi connectivity index (χ2v) is 3.53. The molecule has 1 heterocycles. The van der Waals surface area contributed by atoms with Crippen LogP contribution in [-0.4, -0.2) is 35.2 Å². The molecule has 0 aliphatic carbocycles. The minimum absolute atomic E-state index is 0.332. The first-order valence-electron chi connectivity index (χ1n) is 4.87. The Hall–Kier alpha value is -1.85. The highest BCUT2D eigenvalue weighted by molar-refractivity contribution is 5.98. The number of hydrogen-bond donors (Lipinski definition) is 2. The topological polar surface area (TPSA) is 84.1 Å². The molecular weight excluding hydrogens is 210 g/mol. The van der Waals surface area contributed by atoms with E-state index in [0.717, 1.165) is 0 Å². The molecule has 0 aromatic carbocycles. The van der Waals surface area contributed by atoms with Crippen LogP contribution >= 0.6 is 0 Å². The van der Waals surface area contributed by atoms with E-state index in [-0.39, 0.29) is 5.91 Å². The van der Waals surface area contributed by atoms with Gasteiger partial charge in [-0.2, -0.15) is 5.10 Å². The number of H-pyrrole nitrogens is 1. The van der Waals surface area contributed by atoms with E-state index in [2.05, 4.69) is 20.3 Å². The molecule has 1 rings (SSSR count). The van der Waals surface area contributed by atoms with Crippen molar-refractivity contribution in [3.05, 3.63) is 17.0 Å². The first-order chi connectivity index (χ1) is 7.47. The number of nitrogens with one attached hydrogen (secondary N) is 2. The fourth-order valence-electron chi connectivity index (χ4n) is 1.39. The molecule has 0 unspecified atom stereocenters. The van der Waals surface area contributed by atoms with Crippen LogP contribution in [0.15, 0.2) is 0 Å². The van der Waals surface area contributed by atoms with Gasteiger partial charge >= 0.3 is 5.97 Å². The molecule has 0 saturated carbocycles. The highest BCUT2D eigenvalue weighted by atomic mass is 16.5. The van der Waals surface area contributed by atoms with E-state index in [1.165, 1.54) is 7.11 Å². The minimum atomic E-state index is -0.675. The number of aryl methyl sites for hydroxylation is 2. The monoisotopic (exact) mass is 225 g/mol. The van der Waals surface area contributed by atoms with E-state index in [1.54, 1.807) is 20.8 Å². The fourth-order valence-corrected chi connectivity index (χ4v) is 1.39. The normalized spacial score (nSPS) is 12.0. The van der Waals surface area contributed by atoms with Crippen LogP contribution in [-0.2, 0) is 9.53 Å². The molecule has 0 aliphatic heterocycles. The molecule has 1 atom stereocenters. The number of hydrogen-bond acceptors (Lipinski definition) is 4. The average molecular weight is 225 g/mol. The third kappa shape index (κ3) is 2.39. The summed E-state index contributed by atoms with van der Waals surface area (Å²) in [6.07, 6.45) is 0. The number of carbonyl (C=O) groups is 2. The number of nitrogens with zero attached hydrogens (tertiary/aromatic N) is 1. The van der Waals surface area contributed by atoms with Crippen LogP contribution < -0.4 is 5.32 Å². The SMILES string of the molecule is COC(=O)[C@H](C)NC(=O)c1c(C)n[nH]c1C. The lowest BCUT2D eigenvalue weighted by molar-refractivity contribution is -0.142. The molecule has 0 saturated heterocycles. The Morgan fingerprint density at radius 3 is 2.50 bits per heavy atom. The van der Waals surface area contributed by atoms with Crippen LogP contribution in [0.1, 0.15) is 28.7 Å². The van der Waals surface area contributed by atoms with Crippen molar-refractivity contribution >= 4 is 11.9 Å². The Bertz CT molecular complexity index is 392. The number of rotatable bonds is 3. The van der Waals surface area contributed by atoms with Gasteiger partial charge in [-0.25, -0.2) is 4.79 Å². The predicted octanol–water partition coefficient (Wildman–Crippen LogP) is 0.318. The molecule has 6 heteroatoms. The second-order valence-electron chi connectivity index (χ2n) is 3.53. The van der Waals surface area contributed by atoms with Crippen molar-refractivity contribution in [1.29, 1.82) is 0 Å². The summed E-state index contributed by atoms with van der Waals surface area (Å²) in [5.74, 6) is -0.811. The van der Waals surface area contributed by atoms with Gasteiger partial charge in [0.1, 0.15) is 6.04 Å². The summed E-state index contributed by atoms with van der Waals surface area (Å²) in [5, 5.41) is 9.16. The smallest absolute Gasteiger partial charge is 0.328 e. The van der Waals surface area contributed by atoms with Gasteiger partial charge in [-0.1, -0.05) is 0 Å². The molecule has 6 nitrogen and oxygen atoms in total. The molecule has 0 spiro atoms. The Balaban J connectivity index is 2.77. The Morgan fingerprint density at radius 1 is 1.44 bits per heavy atom. The van der Waals surface area contributed by atoms with E-state index in [9.17, 15) is 9.59 Å². The van der Waals surface area contributed by atoms with Gasteiger partial charge in [-0.15, -0.1) is 0 Å². The van der Waals surface area contributed by atoms with E-state index < -0.39 is 12.0 Å². The maximum Gasteiger partial charge on any atom is 0.328 e. The van der Waals surface area contributed by atoms with Gasteiger partial charge in [-0.05, 0) is 20.8 Å². The van der Waals surface area contributed by atoms with Crippen LogP contribution in [0.2, 0.25) is 0 Å². The van der Waals surface area contributed by atoms with Gasteiger partial charge < -0.3 is 10.1 Å². The largest absolute Gasteiger partial charge is 0.467 e. The van der Waals surface area contributed by atoms with Crippen LogP contribution in [0.3, 0.4) is 0 Å². The standard InChI is InChI=1S/C10H15N3O3/c1-5-8(6(2)13-12-5)9(14)11-7(3)10(15)16-4/h7H,1-4H3,(H,11,14)(H,12,13)/t7-/m0/s1. The Morgan fingerprint density at radius 2 is 2.06 bits per heavy atom. The third-order valence-electron chi connectivity index (χ3n) is 2.26. The van der Waals surface area contributed by atoms with Crippen LogP contribution in [0, 0.1) is 13.8 Å².